The van der Waals surface area contributed by atoms with Gasteiger partial charge in [-0.3, -0.25) is 4.72 Å². The highest BCUT2D eigenvalue weighted by Crippen LogP contribution is 2.18. The van der Waals surface area contributed by atoms with Crippen LogP contribution in [-0.2, 0) is 10.2 Å². The molecular formula is C10H15N3O2S. The summed E-state index contributed by atoms with van der Waals surface area (Å²) in [6.45, 7) is 0. The number of anilines is 1. The van der Waals surface area contributed by atoms with Gasteiger partial charge in [0.2, 0.25) is 0 Å². The summed E-state index contributed by atoms with van der Waals surface area (Å²) in [6, 6.07) is 5.16. The smallest absolute Gasteiger partial charge is 0.255 e. The van der Waals surface area contributed by atoms with Crippen LogP contribution in [0.15, 0.2) is 24.4 Å². The Bertz CT molecular complexity index is 427. The molecule has 0 atom stereocenters. The van der Waals surface area contributed by atoms with Crippen LogP contribution in [-0.4, -0.2) is 19.4 Å². The lowest BCUT2D eigenvalue weighted by atomic mass is 10.3. The fraction of sp³-hybridized carbons (Fsp3) is 0.500. The van der Waals surface area contributed by atoms with E-state index in [9.17, 15) is 8.42 Å². The minimum atomic E-state index is -3.48. The molecular weight excluding hydrogens is 226 g/mol. The molecule has 1 fully saturated rings. The predicted octanol–water partition coefficient (Wildman–Crippen LogP) is 1.27. The molecule has 5 nitrogen and oxygen atoms in total. The number of hydrogen-bond acceptors (Lipinski definition) is 3. The third-order valence-corrected chi connectivity index (χ3v) is 3.70. The Balaban J connectivity index is 1.97. The number of rotatable bonds is 4. The van der Waals surface area contributed by atoms with Gasteiger partial charge in [-0.1, -0.05) is 18.9 Å². The topological polar surface area (TPSA) is 71.1 Å². The molecule has 1 saturated carbocycles. The molecule has 1 aromatic rings. The molecule has 16 heavy (non-hydrogen) atoms. The summed E-state index contributed by atoms with van der Waals surface area (Å²) in [4.78, 5) is 3.91. The Morgan fingerprint density at radius 1 is 1.25 bits per heavy atom. The van der Waals surface area contributed by atoms with E-state index in [0.717, 1.165) is 25.7 Å². The lowest BCUT2D eigenvalue weighted by Gasteiger charge is -2.13. The summed E-state index contributed by atoms with van der Waals surface area (Å²) in [5.74, 6) is 0.341. The van der Waals surface area contributed by atoms with Crippen molar-refractivity contribution in [2.24, 2.45) is 0 Å². The Labute approximate surface area is 95.5 Å². The van der Waals surface area contributed by atoms with E-state index in [1.165, 1.54) is 0 Å². The van der Waals surface area contributed by atoms with Crippen molar-refractivity contribution in [3.63, 3.8) is 0 Å². The first-order valence-electron chi connectivity index (χ1n) is 5.37. The molecule has 2 N–H and O–H groups in total. The zero-order valence-corrected chi connectivity index (χ0v) is 9.70. The Morgan fingerprint density at radius 3 is 2.62 bits per heavy atom. The monoisotopic (exact) mass is 241 g/mol. The maximum Gasteiger partial charge on any atom is 0.300 e. The summed E-state index contributed by atoms with van der Waals surface area (Å²) in [7, 11) is -3.48. The summed E-state index contributed by atoms with van der Waals surface area (Å²) < 4.78 is 28.4. The Kier molecular flexibility index (Phi) is 3.40. The quantitative estimate of drug-likeness (QED) is 0.834. The first-order valence-corrected chi connectivity index (χ1v) is 6.85. The molecule has 0 amide bonds. The van der Waals surface area contributed by atoms with E-state index in [4.69, 9.17) is 0 Å². The van der Waals surface area contributed by atoms with E-state index < -0.39 is 10.2 Å². The Hall–Kier alpha value is -1.14. The van der Waals surface area contributed by atoms with Gasteiger partial charge in [0.05, 0.1) is 0 Å². The summed E-state index contributed by atoms with van der Waals surface area (Å²) in [5.41, 5.74) is 0. The normalized spacial score (nSPS) is 17.5. The highest BCUT2D eigenvalue weighted by molar-refractivity contribution is 7.90. The van der Waals surface area contributed by atoms with Gasteiger partial charge in [0.15, 0.2) is 0 Å². The van der Waals surface area contributed by atoms with Crippen LogP contribution >= 0.6 is 0 Å². The molecule has 1 aliphatic carbocycles. The second-order valence-corrected chi connectivity index (χ2v) is 5.37. The van der Waals surface area contributed by atoms with Gasteiger partial charge in [-0.2, -0.15) is 13.1 Å². The minimum absolute atomic E-state index is 0.0706. The highest BCUT2D eigenvalue weighted by atomic mass is 32.2. The molecule has 0 radical (unpaired) electrons. The van der Waals surface area contributed by atoms with E-state index in [2.05, 4.69) is 14.4 Å². The van der Waals surface area contributed by atoms with Crippen LogP contribution in [0.25, 0.3) is 0 Å². The largest absolute Gasteiger partial charge is 0.300 e. The van der Waals surface area contributed by atoms with Crippen molar-refractivity contribution in [1.82, 2.24) is 9.71 Å². The molecule has 0 bridgehead atoms. The number of pyridine rings is 1. The number of aromatic nitrogens is 1. The van der Waals surface area contributed by atoms with Crippen LogP contribution in [0.2, 0.25) is 0 Å². The van der Waals surface area contributed by atoms with Crippen LogP contribution in [0.5, 0.6) is 0 Å². The standard InChI is InChI=1S/C10H15N3O2S/c14-16(15,12-9-5-1-2-6-9)13-10-7-3-4-8-11-10/h3-4,7-9,12H,1-2,5-6H2,(H,11,13). The molecule has 1 heterocycles. The SMILES string of the molecule is O=S(=O)(Nc1ccccn1)NC1CCCC1. The lowest BCUT2D eigenvalue weighted by molar-refractivity contribution is 0.557. The summed E-state index contributed by atoms with van der Waals surface area (Å²) in [5, 5.41) is 0. The highest BCUT2D eigenvalue weighted by Gasteiger charge is 2.21. The molecule has 0 unspecified atom stereocenters. The third-order valence-electron chi connectivity index (χ3n) is 2.58. The van der Waals surface area contributed by atoms with Crippen molar-refractivity contribution in [3.8, 4) is 0 Å². The van der Waals surface area contributed by atoms with Gasteiger partial charge in [0, 0.05) is 12.2 Å². The maximum atomic E-state index is 11.7. The number of nitrogens with zero attached hydrogens (tertiary/aromatic N) is 1. The first-order chi connectivity index (χ1) is 7.66. The van der Waals surface area contributed by atoms with Crippen LogP contribution in [0, 0.1) is 0 Å². The lowest BCUT2D eigenvalue weighted by Crippen LogP contribution is -2.37. The van der Waals surface area contributed by atoms with Crippen molar-refractivity contribution in [2.75, 3.05) is 4.72 Å². The summed E-state index contributed by atoms with van der Waals surface area (Å²) in [6.07, 6.45) is 5.58. The van der Waals surface area contributed by atoms with E-state index >= 15 is 0 Å². The second-order valence-electron chi connectivity index (χ2n) is 3.92. The van der Waals surface area contributed by atoms with Gasteiger partial charge in [-0.25, -0.2) is 4.98 Å². The van der Waals surface area contributed by atoms with Gasteiger partial charge in [0.1, 0.15) is 5.82 Å². The van der Waals surface area contributed by atoms with Crippen LogP contribution in [0.4, 0.5) is 5.82 Å². The van der Waals surface area contributed by atoms with Crippen LogP contribution < -0.4 is 9.44 Å². The fourth-order valence-electron chi connectivity index (χ4n) is 1.85. The van der Waals surface area contributed by atoms with Gasteiger partial charge in [0.25, 0.3) is 0 Å². The molecule has 1 aromatic heterocycles. The minimum Gasteiger partial charge on any atom is -0.255 e. The van der Waals surface area contributed by atoms with E-state index in [1.54, 1.807) is 24.4 Å². The van der Waals surface area contributed by atoms with E-state index in [1.807, 2.05) is 0 Å². The average molecular weight is 241 g/mol. The number of nitrogens with one attached hydrogen (secondary N) is 2. The Morgan fingerprint density at radius 2 is 2.00 bits per heavy atom. The molecule has 2 rings (SSSR count). The summed E-state index contributed by atoms with van der Waals surface area (Å²) >= 11 is 0. The first kappa shape index (κ1) is 11.3. The van der Waals surface area contributed by atoms with Gasteiger partial charge in [-0.05, 0) is 25.0 Å². The molecule has 0 spiro atoms. The third kappa shape index (κ3) is 3.18. The molecule has 0 aliphatic heterocycles. The average Bonchev–Trinajstić information content (AvgIpc) is 2.70. The van der Waals surface area contributed by atoms with E-state index in [-0.39, 0.29) is 6.04 Å². The molecule has 6 heteroatoms. The van der Waals surface area contributed by atoms with Gasteiger partial charge >= 0.3 is 10.2 Å². The van der Waals surface area contributed by atoms with Crippen molar-refractivity contribution in [3.05, 3.63) is 24.4 Å². The second kappa shape index (κ2) is 4.80. The molecule has 1 aliphatic rings. The van der Waals surface area contributed by atoms with Gasteiger partial charge < -0.3 is 0 Å². The molecule has 0 aromatic carbocycles. The zero-order valence-electron chi connectivity index (χ0n) is 8.89. The molecule has 0 saturated heterocycles. The number of hydrogen-bond donors (Lipinski definition) is 2. The maximum absolute atomic E-state index is 11.7. The van der Waals surface area contributed by atoms with Crippen molar-refractivity contribution in [1.29, 1.82) is 0 Å². The fourth-order valence-corrected chi connectivity index (χ4v) is 2.98. The van der Waals surface area contributed by atoms with E-state index in [0.29, 0.717) is 5.82 Å². The van der Waals surface area contributed by atoms with Crippen LogP contribution in [0.1, 0.15) is 25.7 Å². The molecule has 88 valence electrons. The van der Waals surface area contributed by atoms with Crippen molar-refractivity contribution >= 4 is 16.0 Å². The van der Waals surface area contributed by atoms with Gasteiger partial charge in [-0.15, -0.1) is 0 Å². The van der Waals surface area contributed by atoms with Crippen molar-refractivity contribution < 1.29 is 8.42 Å². The zero-order chi connectivity index (χ0) is 11.4. The van der Waals surface area contributed by atoms with Crippen molar-refractivity contribution in [2.45, 2.75) is 31.7 Å². The predicted molar refractivity (Wildman–Crippen MR) is 62.2 cm³/mol. The van der Waals surface area contributed by atoms with Crippen LogP contribution in [0.3, 0.4) is 0 Å².